The van der Waals surface area contributed by atoms with E-state index in [1.165, 1.54) is 0 Å². The third-order valence-corrected chi connectivity index (χ3v) is 2.98. The smallest absolute Gasteiger partial charge is 0.336 e. The van der Waals surface area contributed by atoms with E-state index in [1.54, 1.807) is 23.9 Å². The topological polar surface area (TPSA) is 68.0 Å². The highest BCUT2D eigenvalue weighted by Gasteiger charge is 2.18. The average Bonchev–Trinajstić information content (AvgIpc) is 2.59. The van der Waals surface area contributed by atoms with Gasteiger partial charge >= 0.3 is 5.97 Å². The molecule has 2 rings (SSSR count). The SMILES string of the molecule is Cc1ccc(-c2c(Br)nnn2C)c(C(=O)O)c1. The maximum Gasteiger partial charge on any atom is 0.336 e. The van der Waals surface area contributed by atoms with Crippen molar-refractivity contribution in [2.75, 3.05) is 0 Å². The van der Waals surface area contributed by atoms with Crippen molar-refractivity contribution in [3.63, 3.8) is 0 Å². The Balaban J connectivity index is 2.71. The lowest BCUT2D eigenvalue weighted by molar-refractivity contribution is 0.0697. The van der Waals surface area contributed by atoms with Gasteiger partial charge in [0.1, 0.15) is 5.69 Å². The molecule has 0 saturated carbocycles. The molecular weight excluding hydrogens is 286 g/mol. The van der Waals surface area contributed by atoms with Gasteiger partial charge in [0.05, 0.1) is 5.56 Å². The van der Waals surface area contributed by atoms with Gasteiger partial charge in [0.25, 0.3) is 0 Å². The summed E-state index contributed by atoms with van der Waals surface area (Å²) in [5.74, 6) is -0.961. The first-order valence-electron chi connectivity index (χ1n) is 4.90. The minimum atomic E-state index is -0.961. The summed E-state index contributed by atoms with van der Waals surface area (Å²) in [6.07, 6.45) is 0. The molecule has 0 fully saturated rings. The van der Waals surface area contributed by atoms with Crippen molar-refractivity contribution >= 4 is 21.9 Å². The zero-order chi connectivity index (χ0) is 12.6. The Morgan fingerprint density at radius 3 is 2.71 bits per heavy atom. The first-order chi connectivity index (χ1) is 8.00. The molecule has 88 valence electrons. The summed E-state index contributed by atoms with van der Waals surface area (Å²) in [6.45, 7) is 1.85. The van der Waals surface area contributed by atoms with Crippen molar-refractivity contribution in [1.29, 1.82) is 0 Å². The number of carboxylic acids is 1. The monoisotopic (exact) mass is 295 g/mol. The molecule has 5 nitrogen and oxygen atoms in total. The summed E-state index contributed by atoms with van der Waals surface area (Å²) in [5, 5.41) is 16.9. The van der Waals surface area contributed by atoms with Gasteiger partial charge in [-0.15, -0.1) is 5.10 Å². The maximum atomic E-state index is 11.2. The molecule has 0 aliphatic carbocycles. The van der Waals surface area contributed by atoms with Crippen LogP contribution in [0.1, 0.15) is 15.9 Å². The fourth-order valence-electron chi connectivity index (χ4n) is 1.66. The molecule has 2 aromatic rings. The standard InChI is InChI=1S/C11H10BrN3O2/c1-6-3-4-7(8(5-6)11(16)17)9-10(12)13-14-15(9)2/h3-5H,1-2H3,(H,16,17). The third kappa shape index (κ3) is 2.08. The van der Waals surface area contributed by atoms with Gasteiger partial charge in [-0.1, -0.05) is 22.9 Å². The van der Waals surface area contributed by atoms with Crippen LogP contribution in [0.2, 0.25) is 0 Å². The molecular formula is C11H10BrN3O2. The van der Waals surface area contributed by atoms with E-state index in [9.17, 15) is 9.90 Å². The molecule has 0 amide bonds. The Kier molecular flexibility index (Phi) is 2.97. The van der Waals surface area contributed by atoms with Crippen LogP contribution in [-0.4, -0.2) is 26.1 Å². The quantitative estimate of drug-likeness (QED) is 0.923. The fourth-order valence-corrected chi connectivity index (χ4v) is 2.20. The van der Waals surface area contributed by atoms with E-state index in [0.717, 1.165) is 5.56 Å². The molecule has 0 saturated heterocycles. The van der Waals surface area contributed by atoms with Gasteiger partial charge in [0.2, 0.25) is 0 Å². The number of carbonyl (C=O) groups is 1. The molecule has 0 spiro atoms. The Morgan fingerprint density at radius 2 is 2.18 bits per heavy atom. The number of benzene rings is 1. The zero-order valence-corrected chi connectivity index (χ0v) is 10.9. The summed E-state index contributed by atoms with van der Waals surface area (Å²) < 4.78 is 2.08. The third-order valence-electron chi connectivity index (χ3n) is 2.45. The van der Waals surface area contributed by atoms with Gasteiger partial charge in [0, 0.05) is 12.6 Å². The summed E-state index contributed by atoms with van der Waals surface area (Å²) >= 11 is 3.27. The van der Waals surface area contributed by atoms with Crippen molar-refractivity contribution in [3.8, 4) is 11.3 Å². The highest BCUT2D eigenvalue weighted by molar-refractivity contribution is 9.10. The van der Waals surface area contributed by atoms with Crippen molar-refractivity contribution in [2.45, 2.75) is 6.92 Å². The van der Waals surface area contributed by atoms with Crippen LogP contribution in [0.15, 0.2) is 22.8 Å². The lowest BCUT2D eigenvalue weighted by Crippen LogP contribution is -2.03. The predicted molar refractivity (Wildman–Crippen MR) is 65.8 cm³/mol. The predicted octanol–water partition coefficient (Wildman–Crippen LogP) is 2.25. The van der Waals surface area contributed by atoms with Gasteiger partial charge < -0.3 is 5.11 Å². The number of halogens is 1. The van der Waals surface area contributed by atoms with Crippen molar-refractivity contribution < 1.29 is 9.90 Å². The molecule has 0 aliphatic heterocycles. The number of rotatable bonds is 2. The first kappa shape index (κ1) is 11.8. The molecule has 1 aromatic heterocycles. The normalized spacial score (nSPS) is 10.5. The van der Waals surface area contributed by atoms with Crippen LogP contribution >= 0.6 is 15.9 Å². The highest BCUT2D eigenvalue weighted by Crippen LogP contribution is 2.29. The zero-order valence-electron chi connectivity index (χ0n) is 9.31. The van der Waals surface area contributed by atoms with Gasteiger partial charge in [-0.05, 0) is 28.9 Å². The number of nitrogens with zero attached hydrogens (tertiary/aromatic N) is 3. The van der Waals surface area contributed by atoms with Gasteiger partial charge in [-0.3, -0.25) is 0 Å². The molecule has 17 heavy (non-hydrogen) atoms. The van der Waals surface area contributed by atoms with Gasteiger partial charge in [-0.25, -0.2) is 9.48 Å². The Hall–Kier alpha value is -1.69. The maximum absolute atomic E-state index is 11.2. The largest absolute Gasteiger partial charge is 0.478 e. The number of aromatic nitrogens is 3. The van der Waals surface area contributed by atoms with Crippen LogP contribution in [0.3, 0.4) is 0 Å². The second-order valence-corrected chi connectivity index (χ2v) is 4.46. The molecule has 6 heteroatoms. The van der Waals surface area contributed by atoms with Crippen LogP contribution in [0.4, 0.5) is 0 Å². The molecule has 0 atom stereocenters. The number of carboxylic acid groups (broad SMARTS) is 1. The van der Waals surface area contributed by atoms with Crippen LogP contribution < -0.4 is 0 Å². The van der Waals surface area contributed by atoms with E-state index in [-0.39, 0.29) is 5.56 Å². The molecule has 1 N–H and O–H groups in total. The van der Waals surface area contributed by atoms with Crippen molar-refractivity contribution in [1.82, 2.24) is 15.0 Å². The molecule has 0 bridgehead atoms. The molecule has 0 unspecified atom stereocenters. The van der Waals surface area contributed by atoms with E-state index >= 15 is 0 Å². The van der Waals surface area contributed by atoms with Crippen LogP contribution in [0, 0.1) is 6.92 Å². The van der Waals surface area contributed by atoms with Gasteiger partial charge in [-0.2, -0.15) is 0 Å². The minimum Gasteiger partial charge on any atom is -0.478 e. The van der Waals surface area contributed by atoms with Crippen LogP contribution in [0.25, 0.3) is 11.3 Å². The second kappa shape index (κ2) is 4.29. The van der Waals surface area contributed by atoms with Crippen molar-refractivity contribution in [2.24, 2.45) is 7.05 Å². The summed E-state index contributed by atoms with van der Waals surface area (Å²) in [5.41, 5.74) is 2.40. The summed E-state index contributed by atoms with van der Waals surface area (Å²) in [6, 6.07) is 5.26. The summed E-state index contributed by atoms with van der Waals surface area (Å²) in [4.78, 5) is 11.2. The number of hydrogen-bond acceptors (Lipinski definition) is 3. The Bertz CT molecular complexity index is 573. The van der Waals surface area contributed by atoms with Gasteiger partial charge in [0.15, 0.2) is 4.60 Å². The summed E-state index contributed by atoms with van der Waals surface area (Å²) in [7, 11) is 1.72. The van der Waals surface area contributed by atoms with E-state index in [0.29, 0.717) is 15.9 Å². The number of aryl methyl sites for hydroxylation is 2. The molecule has 0 radical (unpaired) electrons. The van der Waals surface area contributed by atoms with E-state index in [2.05, 4.69) is 26.2 Å². The molecule has 0 aliphatic rings. The minimum absolute atomic E-state index is 0.246. The number of aromatic carboxylic acids is 1. The van der Waals surface area contributed by atoms with E-state index in [4.69, 9.17) is 0 Å². The Morgan fingerprint density at radius 1 is 1.47 bits per heavy atom. The van der Waals surface area contributed by atoms with E-state index in [1.807, 2.05) is 13.0 Å². The lowest BCUT2D eigenvalue weighted by Gasteiger charge is -2.07. The highest BCUT2D eigenvalue weighted by atomic mass is 79.9. The van der Waals surface area contributed by atoms with Crippen LogP contribution in [0.5, 0.6) is 0 Å². The fraction of sp³-hybridized carbons (Fsp3) is 0.182. The van der Waals surface area contributed by atoms with E-state index < -0.39 is 5.97 Å². The van der Waals surface area contributed by atoms with Crippen LogP contribution in [-0.2, 0) is 7.05 Å². The first-order valence-corrected chi connectivity index (χ1v) is 5.69. The Labute approximate surface area is 106 Å². The van der Waals surface area contributed by atoms with Crippen molar-refractivity contribution in [3.05, 3.63) is 33.9 Å². The average molecular weight is 296 g/mol. The number of hydrogen-bond donors (Lipinski definition) is 1. The molecule has 1 heterocycles. The molecule has 1 aromatic carbocycles. The second-order valence-electron chi connectivity index (χ2n) is 3.71. The lowest BCUT2D eigenvalue weighted by atomic mass is 10.0.